The number of urea groups is 1. The maximum atomic E-state index is 13.3. The summed E-state index contributed by atoms with van der Waals surface area (Å²) in [6, 6.07) is 25.4. The molecular formula is C34H26ClF3N6O2. The van der Waals surface area contributed by atoms with Crippen LogP contribution in [0.1, 0.15) is 5.56 Å². The first-order chi connectivity index (χ1) is 22.1. The first-order valence-corrected chi connectivity index (χ1v) is 14.4. The van der Waals surface area contributed by atoms with Crippen LogP contribution in [-0.2, 0) is 6.18 Å². The number of fused-ring (bicyclic) bond motifs is 1. The summed E-state index contributed by atoms with van der Waals surface area (Å²) in [5.74, 6) is 2.06. The fourth-order valence-corrected chi connectivity index (χ4v) is 5.33. The predicted molar refractivity (Wildman–Crippen MR) is 175 cm³/mol. The number of benzene rings is 4. The van der Waals surface area contributed by atoms with E-state index in [2.05, 4.69) is 32.0 Å². The van der Waals surface area contributed by atoms with Gasteiger partial charge in [0.25, 0.3) is 0 Å². The average molecular weight is 643 g/mol. The van der Waals surface area contributed by atoms with Gasteiger partial charge in [-0.15, -0.1) is 0 Å². The maximum Gasteiger partial charge on any atom is 0.417 e. The Balaban J connectivity index is 1.35. The van der Waals surface area contributed by atoms with Gasteiger partial charge in [0.15, 0.2) is 0 Å². The second-order valence-corrected chi connectivity index (χ2v) is 10.6. The second kappa shape index (κ2) is 12.4. The standard InChI is InChI=1S/C34H26ClF3N6O2/c1-39-31-17-32(41-19-40-31)44-18-27(26-12-8-21(15-30(26)44)20-6-10-25(46-2)11-7-20)22-4-3-5-23(14-22)42-33(45)43-24-9-13-29(35)28(16-24)34(36,37)38/h3-19H,1-2H3,(H,39,40,41)(H2,42,43,45). The van der Waals surface area contributed by atoms with E-state index in [1.54, 1.807) is 32.4 Å². The van der Waals surface area contributed by atoms with Crippen molar-refractivity contribution in [2.24, 2.45) is 0 Å². The number of carbonyl (C=O) groups is 1. The molecule has 6 rings (SSSR count). The second-order valence-electron chi connectivity index (χ2n) is 10.2. The number of carbonyl (C=O) groups excluding carboxylic acids is 1. The number of anilines is 3. The zero-order valence-electron chi connectivity index (χ0n) is 24.5. The molecule has 2 amide bonds. The molecule has 0 aliphatic rings. The van der Waals surface area contributed by atoms with Crippen molar-refractivity contribution in [2.45, 2.75) is 6.18 Å². The highest BCUT2D eigenvalue weighted by molar-refractivity contribution is 6.31. The summed E-state index contributed by atoms with van der Waals surface area (Å²) in [6.45, 7) is 0. The van der Waals surface area contributed by atoms with Gasteiger partial charge in [-0.05, 0) is 65.2 Å². The van der Waals surface area contributed by atoms with E-state index in [1.165, 1.54) is 12.4 Å². The third-order valence-electron chi connectivity index (χ3n) is 7.35. The highest BCUT2D eigenvalue weighted by atomic mass is 35.5. The molecule has 0 radical (unpaired) electrons. The number of methoxy groups -OCH3 is 1. The number of aromatic nitrogens is 3. The van der Waals surface area contributed by atoms with Crippen LogP contribution in [0, 0.1) is 0 Å². The molecule has 0 saturated heterocycles. The Labute approximate surface area is 266 Å². The molecule has 0 fully saturated rings. The Morgan fingerprint density at radius 2 is 1.59 bits per heavy atom. The monoisotopic (exact) mass is 642 g/mol. The first-order valence-electron chi connectivity index (χ1n) is 14.0. The van der Waals surface area contributed by atoms with Crippen molar-refractivity contribution in [3.8, 4) is 33.8 Å². The molecule has 0 saturated carbocycles. The number of alkyl halides is 3. The van der Waals surface area contributed by atoms with E-state index in [0.717, 1.165) is 51.0 Å². The zero-order chi connectivity index (χ0) is 32.4. The summed E-state index contributed by atoms with van der Waals surface area (Å²) in [7, 11) is 3.41. The quantitative estimate of drug-likeness (QED) is 0.161. The zero-order valence-corrected chi connectivity index (χ0v) is 25.2. The van der Waals surface area contributed by atoms with Crippen LogP contribution in [0.15, 0.2) is 104 Å². The van der Waals surface area contributed by atoms with Crippen LogP contribution in [-0.4, -0.2) is 34.7 Å². The number of hydrogen-bond donors (Lipinski definition) is 3. The van der Waals surface area contributed by atoms with Gasteiger partial charge in [0.1, 0.15) is 23.7 Å². The summed E-state index contributed by atoms with van der Waals surface area (Å²) >= 11 is 5.71. The smallest absolute Gasteiger partial charge is 0.417 e. The molecule has 0 bridgehead atoms. The van der Waals surface area contributed by atoms with Crippen LogP contribution in [0.2, 0.25) is 5.02 Å². The average Bonchev–Trinajstić information content (AvgIpc) is 3.44. The molecule has 46 heavy (non-hydrogen) atoms. The maximum absolute atomic E-state index is 13.3. The largest absolute Gasteiger partial charge is 0.497 e. The highest BCUT2D eigenvalue weighted by Crippen LogP contribution is 2.38. The number of amides is 2. The Morgan fingerprint density at radius 1 is 0.848 bits per heavy atom. The Kier molecular flexibility index (Phi) is 8.25. The van der Waals surface area contributed by atoms with Crippen molar-refractivity contribution in [1.29, 1.82) is 0 Å². The molecule has 0 aliphatic heterocycles. The van der Waals surface area contributed by atoms with Gasteiger partial charge >= 0.3 is 12.2 Å². The molecule has 6 aromatic rings. The van der Waals surface area contributed by atoms with Crippen LogP contribution in [0.3, 0.4) is 0 Å². The van der Waals surface area contributed by atoms with Gasteiger partial charge in [-0.2, -0.15) is 13.2 Å². The van der Waals surface area contributed by atoms with Gasteiger partial charge in [-0.25, -0.2) is 14.8 Å². The van der Waals surface area contributed by atoms with E-state index in [9.17, 15) is 18.0 Å². The summed E-state index contributed by atoms with van der Waals surface area (Å²) in [6.07, 6.45) is -1.20. The molecule has 232 valence electrons. The molecule has 0 aliphatic carbocycles. The minimum Gasteiger partial charge on any atom is -0.497 e. The van der Waals surface area contributed by atoms with Gasteiger partial charge in [-0.3, -0.25) is 0 Å². The van der Waals surface area contributed by atoms with Gasteiger partial charge in [0.2, 0.25) is 0 Å². The molecule has 2 aromatic heterocycles. The van der Waals surface area contributed by atoms with Crippen molar-refractivity contribution in [3.63, 3.8) is 0 Å². The van der Waals surface area contributed by atoms with E-state index in [-0.39, 0.29) is 5.69 Å². The summed E-state index contributed by atoms with van der Waals surface area (Å²) in [5.41, 5.74) is 3.92. The lowest BCUT2D eigenvalue weighted by molar-refractivity contribution is -0.137. The van der Waals surface area contributed by atoms with Crippen molar-refractivity contribution < 1.29 is 22.7 Å². The van der Waals surface area contributed by atoms with E-state index < -0.39 is 22.8 Å². The Bertz CT molecular complexity index is 2060. The minimum atomic E-state index is -4.66. The molecule has 0 atom stereocenters. The lowest BCUT2D eigenvalue weighted by Gasteiger charge is -2.13. The van der Waals surface area contributed by atoms with Crippen molar-refractivity contribution in [3.05, 3.63) is 114 Å². The van der Waals surface area contributed by atoms with Crippen LogP contribution in [0.25, 0.3) is 39.0 Å². The number of nitrogens with one attached hydrogen (secondary N) is 3. The summed E-state index contributed by atoms with van der Waals surface area (Å²) in [4.78, 5) is 21.5. The van der Waals surface area contributed by atoms with E-state index in [4.69, 9.17) is 16.3 Å². The number of hydrogen-bond acceptors (Lipinski definition) is 5. The normalized spacial score (nSPS) is 11.3. The number of ether oxygens (including phenoxy) is 1. The Morgan fingerprint density at radius 3 is 2.30 bits per heavy atom. The van der Waals surface area contributed by atoms with Gasteiger partial charge in [-0.1, -0.05) is 48.0 Å². The molecule has 4 aromatic carbocycles. The lowest BCUT2D eigenvalue weighted by atomic mass is 10.0. The molecule has 8 nitrogen and oxygen atoms in total. The van der Waals surface area contributed by atoms with E-state index >= 15 is 0 Å². The molecule has 0 spiro atoms. The molecule has 3 N–H and O–H groups in total. The van der Waals surface area contributed by atoms with Crippen LogP contribution < -0.4 is 20.7 Å². The molecule has 0 unspecified atom stereocenters. The van der Waals surface area contributed by atoms with Gasteiger partial charge in [0.05, 0.1) is 23.2 Å². The Hall–Kier alpha value is -5.55. The minimum absolute atomic E-state index is 0.0492. The summed E-state index contributed by atoms with van der Waals surface area (Å²) < 4.78 is 47.1. The van der Waals surface area contributed by atoms with Crippen LogP contribution in [0.4, 0.5) is 35.2 Å². The third-order valence-corrected chi connectivity index (χ3v) is 7.68. The van der Waals surface area contributed by atoms with Gasteiger partial charge in [0, 0.05) is 41.6 Å². The number of nitrogens with zero attached hydrogens (tertiary/aromatic N) is 3. The molecule has 12 heteroatoms. The highest BCUT2D eigenvalue weighted by Gasteiger charge is 2.33. The molecule has 2 heterocycles. The fraction of sp³-hybridized carbons (Fsp3) is 0.0882. The topological polar surface area (TPSA) is 93.1 Å². The molecular weight excluding hydrogens is 617 g/mol. The van der Waals surface area contributed by atoms with Gasteiger partial charge < -0.3 is 25.3 Å². The number of halogens is 4. The van der Waals surface area contributed by atoms with Crippen molar-refractivity contribution in [1.82, 2.24) is 14.5 Å². The fourth-order valence-electron chi connectivity index (χ4n) is 5.10. The number of rotatable bonds is 7. The van der Waals surface area contributed by atoms with Crippen LogP contribution >= 0.6 is 11.6 Å². The van der Waals surface area contributed by atoms with Crippen molar-refractivity contribution >= 4 is 45.7 Å². The first kappa shape index (κ1) is 30.5. The predicted octanol–water partition coefficient (Wildman–Crippen LogP) is 9.12. The van der Waals surface area contributed by atoms with Crippen LogP contribution in [0.5, 0.6) is 5.75 Å². The summed E-state index contributed by atoms with van der Waals surface area (Å²) in [5, 5.41) is 8.67. The lowest BCUT2D eigenvalue weighted by Crippen LogP contribution is -2.20. The third kappa shape index (κ3) is 6.31. The van der Waals surface area contributed by atoms with Crippen molar-refractivity contribution in [2.75, 3.05) is 30.1 Å². The van der Waals surface area contributed by atoms with E-state index in [0.29, 0.717) is 17.3 Å². The van der Waals surface area contributed by atoms with E-state index in [1.807, 2.05) is 59.3 Å². The SMILES string of the molecule is CNc1cc(-n2cc(-c3cccc(NC(=O)Nc4ccc(Cl)c(C(F)(F)F)c4)c3)c3ccc(-c4ccc(OC)cc4)cc32)ncn1.